The molecular formula is C6H3N3O. The monoisotopic (exact) mass is 133 g/mol. The second kappa shape index (κ2) is 5.15. The van der Waals surface area contributed by atoms with Crippen molar-refractivity contribution in [1.82, 2.24) is 0 Å². The lowest BCUT2D eigenvalue weighted by atomic mass is 10.5. The Kier molecular flexibility index (Phi) is 4.13. The third-order valence-corrected chi connectivity index (χ3v) is 0.516. The van der Waals surface area contributed by atoms with Gasteiger partial charge in [0.15, 0.2) is 6.61 Å². The van der Waals surface area contributed by atoms with Crippen LogP contribution in [0.5, 0.6) is 0 Å². The summed E-state index contributed by atoms with van der Waals surface area (Å²) >= 11 is 0. The van der Waals surface area contributed by atoms with Crippen LogP contribution in [0, 0.1) is 35.0 Å². The predicted molar refractivity (Wildman–Crippen MR) is 33.4 cm³/mol. The van der Waals surface area contributed by atoms with Crippen molar-refractivity contribution in [3.05, 3.63) is 0 Å². The van der Waals surface area contributed by atoms with Gasteiger partial charge in [-0.25, -0.2) is 0 Å². The van der Waals surface area contributed by atoms with Gasteiger partial charge in [-0.05, 0) is 0 Å². The van der Waals surface area contributed by atoms with Crippen LogP contribution >= 0.6 is 0 Å². The van der Waals surface area contributed by atoms with Crippen molar-refractivity contribution in [3.8, 4) is 24.5 Å². The maximum atomic E-state index is 8.09. The molecule has 0 saturated carbocycles. The molecule has 48 valence electrons. The summed E-state index contributed by atoms with van der Waals surface area (Å²) in [5, 5.41) is 19.3. The summed E-state index contributed by atoms with van der Waals surface area (Å²) in [5.41, 5.74) is -0.338. The van der Waals surface area contributed by atoms with Crippen LogP contribution in [-0.2, 0) is 4.84 Å². The maximum Gasteiger partial charge on any atom is 0.256 e. The second-order valence-corrected chi connectivity index (χ2v) is 1.14. The summed E-state index contributed by atoms with van der Waals surface area (Å²) in [6, 6.07) is 3.01. The van der Waals surface area contributed by atoms with Crippen molar-refractivity contribution in [2.45, 2.75) is 0 Å². The van der Waals surface area contributed by atoms with E-state index >= 15 is 0 Å². The van der Waals surface area contributed by atoms with Crippen LogP contribution in [0.4, 0.5) is 0 Å². The highest BCUT2D eigenvalue weighted by Gasteiger charge is 1.90. The van der Waals surface area contributed by atoms with Crippen molar-refractivity contribution < 1.29 is 4.84 Å². The zero-order valence-corrected chi connectivity index (χ0v) is 5.03. The number of nitrogens with zero attached hydrogens (tertiary/aromatic N) is 3. The molecule has 0 fully saturated rings. The van der Waals surface area contributed by atoms with E-state index in [1.54, 1.807) is 0 Å². The molecule has 0 saturated heterocycles. The molecule has 0 atom stereocenters. The van der Waals surface area contributed by atoms with Gasteiger partial charge in [-0.3, -0.25) is 0 Å². The molecule has 0 bridgehead atoms. The van der Waals surface area contributed by atoms with Crippen LogP contribution < -0.4 is 0 Å². The predicted octanol–water partition coefficient (Wildman–Crippen LogP) is 0.0394. The van der Waals surface area contributed by atoms with Crippen molar-refractivity contribution in [2.75, 3.05) is 6.61 Å². The highest BCUT2D eigenvalue weighted by molar-refractivity contribution is 6.09. The first-order valence-electron chi connectivity index (χ1n) is 2.28. The van der Waals surface area contributed by atoms with Crippen LogP contribution in [-0.4, -0.2) is 12.3 Å². The summed E-state index contributed by atoms with van der Waals surface area (Å²) in [4.78, 5) is 4.33. The molecule has 0 radical (unpaired) electrons. The fraction of sp³-hybridized carbons (Fsp3) is 0.167. The minimum atomic E-state index is -0.338. The minimum Gasteiger partial charge on any atom is -0.381 e. The van der Waals surface area contributed by atoms with Gasteiger partial charge in [0.2, 0.25) is 0 Å². The number of terminal acetylenes is 1. The Bertz CT molecular complexity index is 232. The van der Waals surface area contributed by atoms with E-state index in [1.165, 1.54) is 12.1 Å². The van der Waals surface area contributed by atoms with Crippen molar-refractivity contribution in [2.24, 2.45) is 5.16 Å². The zero-order valence-electron chi connectivity index (χ0n) is 5.03. The lowest BCUT2D eigenvalue weighted by Crippen LogP contribution is -1.91. The molecule has 0 aromatic rings. The first-order chi connectivity index (χ1) is 4.85. The van der Waals surface area contributed by atoms with E-state index in [1.807, 2.05) is 0 Å². The van der Waals surface area contributed by atoms with Crippen LogP contribution in [0.25, 0.3) is 0 Å². The molecule has 0 spiro atoms. The molecule has 4 heteroatoms. The molecule has 0 unspecified atom stereocenters. The van der Waals surface area contributed by atoms with Gasteiger partial charge in [0.25, 0.3) is 5.71 Å². The number of hydrogen-bond acceptors (Lipinski definition) is 4. The molecule has 0 amide bonds. The highest BCUT2D eigenvalue weighted by atomic mass is 16.6. The van der Waals surface area contributed by atoms with E-state index in [9.17, 15) is 0 Å². The second-order valence-electron chi connectivity index (χ2n) is 1.14. The summed E-state index contributed by atoms with van der Waals surface area (Å²) in [6.07, 6.45) is 4.79. The molecule has 0 aliphatic carbocycles. The maximum absolute atomic E-state index is 8.09. The number of rotatable bonds is 2. The van der Waals surface area contributed by atoms with Gasteiger partial charge in [0.05, 0.1) is 0 Å². The normalized spacial score (nSPS) is 6.10. The summed E-state index contributed by atoms with van der Waals surface area (Å²) in [6.45, 7) is -0.0349. The Morgan fingerprint density at radius 1 is 1.50 bits per heavy atom. The van der Waals surface area contributed by atoms with Crippen LogP contribution in [0.3, 0.4) is 0 Å². The molecule has 0 rings (SSSR count). The van der Waals surface area contributed by atoms with Crippen molar-refractivity contribution >= 4 is 5.71 Å². The molecule has 0 N–H and O–H groups in total. The van der Waals surface area contributed by atoms with Crippen LogP contribution in [0.1, 0.15) is 0 Å². The minimum absolute atomic E-state index is 0.0349. The van der Waals surface area contributed by atoms with Gasteiger partial charge >= 0.3 is 0 Å². The third kappa shape index (κ3) is 3.07. The SMILES string of the molecule is C#CCON=C(C#N)C#N. The molecular weight excluding hydrogens is 130 g/mol. The molecule has 0 heterocycles. The Balaban J connectivity index is 3.85. The molecule has 10 heavy (non-hydrogen) atoms. The summed E-state index contributed by atoms with van der Waals surface area (Å²) in [5.74, 6) is 2.12. The van der Waals surface area contributed by atoms with Gasteiger partial charge in [-0.1, -0.05) is 11.1 Å². The first kappa shape index (κ1) is 8.01. The van der Waals surface area contributed by atoms with Crippen molar-refractivity contribution in [1.29, 1.82) is 10.5 Å². The summed E-state index contributed by atoms with van der Waals surface area (Å²) in [7, 11) is 0. The van der Waals surface area contributed by atoms with Gasteiger partial charge in [0, 0.05) is 0 Å². The summed E-state index contributed by atoms with van der Waals surface area (Å²) < 4.78 is 0. The quantitative estimate of drug-likeness (QED) is 0.231. The van der Waals surface area contributed by atoms with Crippen molar-refractivity contribution in [3.63, 3.8) is 0 Å². The molecule has 4 nitrogen and oxygen atoms in total. The average molecular weight is 133 g/mol. The van der Waals surface area contributed by atoms with E-state index < -0.39 is 0 Å². The highest BCUT2D eigenvalue weighted by Crippen LogP contribution is 1.77. The largest absolute Gasteiger partial charge is 0.381 e. The van der Waals surface area contributed by atoms with Gasteiger partial charge in [-0.15, -0.1) is 6.42 Å². The lowest BCUT2D eigenvalue weighted by Gasteiger charge is -1.86. The molecule has 0 aromatic carbocycles. The fourth-order valence-electron chi connectivity index (χ4n) is 0.200. The number of oxime groups is 1. The van der Waals surface area contributed by atoms with Crippen LogP contribution in [0.15, 0.2) is 5.16 Å². The Morgan fingerprint density at radius 2 is 2.10 bits per heavy atom. The standard InChI is InChI=1S/C6H3N3O/c1-2-3-10-9-6(4-7)5-8/h1H,3H2. The van der Waals surface area contributed by atoms with E-state index in [-0.39, 0.29) is 12.3 Å². The first-order valence-corrected chi connectivity index (χ1v) is 2.28. The van der Waals surface area contributed by atoms with Gasteiger partial charge < -0.3 is 4.84 Å². The molecule has 0 aliphatic rings. The van der Waals surface area contributed by atoms with E-state index in [0.29, 0.717) is 0 Å². The smallest absolute Gasteiger partial charge is 0.256 e. The average Bonchev–Trinajstić information content (AvgIpc) is 1.99. The van der Waals surface area contributed by atoms with E-state index in [4.69, 9.17) is 16.9 Å². The number of hydrogen-bond donors (Lipinski definition) is 0. The Labute approximate surface area is 58.3 Å². The van der Waals surface area contributed by atoms with Gasteiger partial charge in [-0.2, -0.15) is 10.5 Å². The third-order valence-electron chi connectivity index (χ3n) is 0.516. The molecule has 0 aliphatic heterocycles. The topological polar surface area (TPSA) is 69.2 Å². The number of nitriles is 2. The fourth-order valence-corrected chi connectivity index (χ4v) is 0.200. The zero-order chi connectivity index (χ0) is 7.82. The van der Waals surface area contributed by atoms with Crippen LogP contribution in [0.2, 0.25) is 0 Å². The Hall–Kier alpha value is -1.99. The lowest BCUT2D eigenvalue weighted by molar-refractivity contribution is 0.181. The van der Waals surface area contributed by atoms with E-state index in [0.717, 1.165) is 0 Å². The van der Waals surface area contributed by atoms with E-state index in [2.05, 4.69) is 15.9 Å². The Morgan fingerprint density at radius 3 is 2.50 bits per heavy atom. The molecule has 0 aromatic heterocycles. The van der Waals surface area contributed by atoms with Gasteiger partial charge in [0.1, 0.15) is 12.1 Å².